The van der Waals surface area contributed by atoms with Gasteiger partial charge in [-0.15, -0.1) is 0 Å². The fraction of sp³-hybridized carbons (Fsp3) is 0.345. The summed E-state index contributed by atoms with van der Waals surface area (Å²) in [5.74, 6) is -0.168. The summed E-state index contributed by atoms with van der Waals surface area (Å²) in [7, 11) is 0. The number of halogens is 1. The molecular formula is C29H29ClN2O4. The first-order valence-corrected chi connectivity index (χ1v) is 12.8. The number of anilines is 1. The van der Waals surface area contributed by atoms with Gasteiger partial charge in [0.25, 0.3) is 5.91 Å². The Morgan fingerprint density at radius 3 is 2.31 bits per heavy atom. The van der Waals surface area contributed by atoms with Crippen molar-refractivity contribution in [3.8, 4) is 5.75 Å². The molecule has 0 unspecified atom stereocenters. The predicted molar refractivity (Wildman–Crippen MR) is 139 cm³/mol. The molecule has 2 aromatic rings. The molecule has 7 heteroatoms. The molecule has 1 aliphatic heterocycles. The minimum Gasteiger partial charge on any atom is -0.482 e. The number of Topliss-reactive ketones (excluding diaryl/α,β-unsaturated/α-hetero) is 2. The van der Waals surface area contributed by atoms with Crippen molar-refractivity contribution in [3.63, 3.8) is 0 Å². The predicted octanol–water partition coefficient (Wildman–Crippen LogP) is 5.68. The molecule has 1 amide bonds. The van der Waals surface area contributed by atoms with Gasteiger partial charge in [0.1, 0.15) is 5.75 Å². The second kappa shape index (κ2) is 9.94. The molecule has 5 rings (SSSR count). The van der Waals surface area contributed by atoms with E-state index in [4.69, 9.17) is 16.3 Å². The smallest absolute Gasteiger partial charge is 0.262 e. The third kappa shape index (κ3) is 4.58. The molecule has 0 saturated heterocycles. The monoisotopic (exact) mass is 504 g/mol. The number of allylic oxidation sites excluding steroid dienone is 4. The second-order valence-corrected chi connectivity index (χ2v) is 10.1. The summed E-state index contributed by atoms with van der Waals surface area (Å²) in [6, 6.07) is 11.1. The number of aryl methyl sites for hydroxylation is 1. The summed E-state index contributed by atoms with van der Waals surface area (Å²) in [4.78, 5) is 38.5. The molecule has 0 saturated carbocycles. The van der Waals surface area contributed by atoms with Gasteiger partial charge in [0, 0.05) is 47.0 Å². The summed E-state index contributed by atoms with van der Waals surface area (Å²) in [6.45, 7) is 3.75. The van der Waals surface area contributed by atoms with Gasteiger partial charge >= 0.3 is 0 Å². The van der Waals surface area contributed by atoms with Gasteiger partial charge in [0.2, 0.25) is 0 Å². The molecule has 0 radical (unpaired) electrons. The zero-order valence-electron chi connectivity index (χ0n) is 20.5. The van der Waals surface area contributed by atoms with Gasteiger partial charge in [-0.25, -0.2) is 0 Å². The lowest BCUT2D eigenvalue weighted by atomic mass is 9.71. The van der Waals surface area contributed by atoms with Crippen molar-refractivity contribution in [3.05, 3.63) is 80.7 Å². The van der Waals surface area contributed by atoms with Crippen molar-refractivity contribution >= 4 is 34.8 Å². The molecule has 0 bridgehead atoms. The number of carbonyl (C=O) groups is 3. The quantitative estimate of drug-likeness (QED) is 0.547. The van der Waals surface area contributed by atoms with Crippen LogP contribution >= 0.6 is 11.6 Å². The maximum Gasteiger partial charge on any atom is 0.262 e. The average Bonchev–Trinajstić information content (AvgIpc) is 2.85. The van der Waals surface area contributed by atoms with E-state index in [1.807, 2.05) is 38.1 Å². The SMILES string of the molecule is Cc1cccc(NC(=O)COc2ccc(C3C4=C(CCCC4=O)NC4=C3C(=O)CCC4)cc2Cl)c1C. The highest BCUT2D eigenvalue weighted by Gasteiger charge is 2.40. The van der Waals surface area contributed by atoms with E-state index in [1.54, 1.807) is 12.1 Å². The van der Waals surface area contributed by atoms with Crippen molar-refractivity contribution in [1.82, 2.24) is 5.32 Å². The summed E-state index contributed by atoms with van der Waals surface area (Å²) in [6.07, 6.45) is 4.19. The first-order chi connectivity index (χ1) is 17.3. The van der Waals surface area contributed by atoms with Gasteiger partial charge in [0.15, 0.2) is 18.2 Å². The fourth-order valence-electron chi connectivity index (χ4n) is 5.35. The van der Waals surface area contributed by atoms with Crippen LogP contribution in [-0.2, 0) is 14.4 Å². The van der Waals surface area contributed by atoms with Crippen LogP contribution < -0.4 is 15.4 Å². The van der Waals surface area contributed by atoms with Gasteiger partial charge in [-0.05, 0) is 74.4 Å². The lowest BCUT2D eigenvalue weighted by molar-refractivity contribution is -0.118. The minimum absolute atomic E-state index is 0.0817. The molecule has 186 valence electrons. The standard InChI is InChI=1S/C29H29ClN2O4/c1-16-6-3-7-20(17(16)2)32-26(35)15-36-25-13-12-18(14-19(25)30)27-28-21(8-4-10-23(28)33)31-22-9-5-11-24(34)29(22)27/h3,6-7,12-14,27,31H,4-5,8-11,15H2,1-2H3,(H,32,35). The van der Waals surface area contributed by atoms with Crippen molar-refractivity contribution in [2.45, 2.75) is 58.3 Å². The van der Waals surface area contributed by atoms with Crippen molar-refractivity contribution in [2.75, 3.05) is 11.9 Å². The number of rotatable bonds is 5. The number of amides is 1. The second-order valence-electron chi connectivity index (χ2n) is 9.67. The fourth-order valence-corrected chi connectivity index (χ4v) is 5.59. The average molecular weight is 505 g/mol. The molecule has 0 aromatic heterocycles. The van der Waals surface area contributed by atoms with Crippen LogP contribution in [0.1, 0.15) is 61.1 Å². The Morgan fingerprint density at radius 2 is 1.67 bits per heavy atom. The van der Waals surface area contributed by atoms with Crippen LogP contribution in [0, 0.1) is 13.8 Å². The molecular weight excluding hydrogens is 476 g/mol. The highest BCUT2D eigenvalue weighted by molar-refractivity contribution is 6.32. The van der Waals surface area contributed by atoms with Crippen LogP contribution in [0.2, 0.25) is 5.02 Å². The van der Waals surface area contributed by atoms with E-state index in [1.165, 1.54) is 0 Å². The van der Waals surface area contributed by atoms with E-state index in [0.717, 1.165) is 59.5 Å². The Morgan fingerprint density at radius 1 is 1.00 bits per heavy atom. The maximum absolute atomic E-state index is 13.0. The number of nitrogens with one attached hydrogen (secondary N) is 2. The lowest BCUT2D eigenvalue weighted by Gasteiger charge is -2.37. The minimum atomic E-state index is -0.420. The van der Waals surface area contributed by atoms with E-state index in [2.05, 4.69) is 10.6 Å². The van der Waals surface area contributed by atoms with Gasteiger partial charge in [0.05, 0.1) is 5.02 Å². The Labute approximate surface area is 215 Å². The molecule has 1 heterocycles. The molecule has 36 heavy (non-hydrogen) atoms. The zero-order chi connectivity index (χ0) is 25.4. The van der Waals surface area contributed by atoms with Gasteiger partial charge < -0.3 is 15.4 Å². The number of ether oxygens (including phenoxy) is 1. The van der Waals surface area contributed by atoms with Crippen LogP contribution in [-0.4, -0.2) is 24.1 Å². The van der Waals surface area contributed by atoms with Crippen LogP contribution in [0.25, 0.3) is 0 Å². The number of ketones is 2. The third-order valence-electron chi connectivity index (χ3n) is 7.32. The first kappa shape index (κ1) is 24.3. The maximum atomic E-state index is 13.0. The molecule has 2 aliphatic carbocycles. The lowest BCUT2D eigenvalue weighted by Crippen LogP contribution is -2.36. The van der Waals surface area contributed by atoms with Gasteiger partial charge in [-0.2, -0.15) is 0 Å². The van der Waals surface area contributed by atoms with Gasteiger partial charge in [-0.1, -0.05) is 29.8 Å². The summed E-state index contributed by atoms with van der Waals surface area (Å²) < 4.78 is 5.72. The highest BCUT2D eigenvalue weighted by atomic mass is 35.5. The Hall–Kier alpha value is -3.38. The molecule has 2 N–H and O–H groups in total. The zero-order valence-corrected chi connectivity index (χ0v) is 21.3. The summed E-state index contributed by atoms with van der Waals surface area (Å²) >= 11 is 6.59. The highest BCUT2D eigenvalue weighted by Crippen LogP contribution is 2.46. The molecule has 3 aliphatic rings. The van der Waals surface area contributed by atoms with Crippen LogP contribution in [0.4, 0.5) is 5.69 Å². The van der Waals surface area contributed by atoms with Crippen LogP contribution in [0.15, 0.2) is 58.9 Å². The molecule has 0 fully saturated rings. The van der Waals surface area contributed by atoms with E-state index in [-0.39, 0.29) is 24.1 Å². The topological polar surface area (TPSA) is 84.5 Å². The number of benzene rings is 2. The van der Waals surface area contributed by atoms with Crippen molar-refractivity contribution < 1.29 is 19.1 Å². The van der Waals surface area contributed by atoms with Crippen molar-refractivity contribution in [1.29, 1.82) is 0 Å². The van der Waals surface area contributed by atoms with Crippen LogP contribution in [0.3, 0.4) is 0 Å². The molecule has 0 spiro atoms. The Balaban J connectivity index is 1.38. The Kier molecular flexibility index (Phi) is 6.71. The van der Waals surface area contributed by atoms with E-state index in [0.29, 0.717) is 34.8 Å². The number of hydrogen-bond donors (Lipinski definition) is 2. The third-order valence-corrected chi connectivity index (χ3v) is 7.61. The number of dihydropyridines is 1. The molecule has 2 aromatic carbocycles. The van der Waals surface area contributed by atoms with E-state index >= 15 is 0 Å². The molecule has 0 atom stereocenters. The van der Waals surface area contributed by atoms with Gasteiger partial charge in [-0.3, -0.25) is 14.4 Å². The normalized spacial score (nSPS) is 18.0. The van der Waals surface area contributed by atoms with Crippen LogP contribution in [0.5, 0.6) is 5.75 Å². The first-order valence-electron chi connectivity index (χ1n) is 12.4. The number of carbonyl (C=O) groups excluding carboxylic acids is 3. The van der Waals surface area contributed by atoms with E-state index in [9.17, 15) is 14.4 Å². The summed E-state index contributed by atoms with van der Waals surface area (Å²) in [5.41, 5.74) is 6.88. The molecule has 6 nitrogen and oxygen atoms in total. The van der Waals surface area contributed by atoms with Crippen molar-refractivity contribution in [2.24, 2.45) is 0 Å². The Bertz CT molecular complexity index is 1300. The number of hydrogen-bond acceptors (Lipinski definition) is 5. The largest absolute Gasteiger partial charge is 0.482 e. The van der Waals surface area contributed by atoms with E-state index < -0.39 is 5.92 Å². The summed E-state index contributed by atoms with van der Waals surface area (Å²) in [5, 5.41) is 6.63.